The first kappa shape index (κ1) is 16.7. The molecule has 128 valence electrons. The van der Waals surface area contributed by atoms with Gasteiger partial charge in [0, 0.05) is 31.9 Å². The second-order valence-electron chi connectivity index (χ2n) is 7.24. The molecule has 1 aliphatic carbocycles. The van der Waals surface area contributed by atoms with Gasteiger partial charge in [-0.25, -0.2) is 9.97 Å². The largest absolute Gasteiger partial charge is 0.389 e. The number of piperidine rings is 1. The maximum Gasteiger partial charge on any atom is 0.225 e. The van der Waals surface area contributed by atoms with Gasteiger partial charge in [0.05, 0.1) is 11.3 Å². The summed E-state index contributed by atoms with van der Waals surface area (Å²) in [6.07, 6.45) is 9.16. The van der Waals surface area contributed by atoms with E-state index in [1.807, 2.05) is 13.0 Å². The monoisotopic (exact) mass is 318 g/mol. The predicted octanol–water partition coefficient (Wildman–Crippen LogP) is 2.56. The van der Waals surface area contributed by atoms with Gasteiger partial charge >= 0.3 is 0 Å². The Hall–Kier alpha value is -1.20. The molecule has 0 spiro atoms. The van der Waals surface area contributed by atoms with Crippen LogP contribution in [-0.4, -0.2) is 40.3 Å². The number of anilines is 1. The zero-order chi connectivity index (χ0) is 16.1. The van der Waals surface area contributed by atoms with Crippen LogP contribution in [-0.2, 0) is 6.54 Å². The van der Waals surface area contributed by atoms with Gasteiger partial charge in [-0.05, 0) is 45.1 Å². The molecule has 1 saturated carbocycles. The fraction of sp³-hybridized carbons (Fsp3) is 0.778. The summed E-state index contributed by atoms with van der Waals surface area (Å²) in [5.41, 5.74) is 1.53. The first-order valence-electron chi connectivity index (χ1n) is 9.17. The molecule has 0 aromatic carbocycles. The van der Waals surface area contributed by atoms with Gasteiger partial charge in [-0.3, -0.25) is 0 Å². The van der Waals surface area contributed by atoms with E-state index in [0.717, 1.165) is 56.1 Å². The molecular formula is C18H30N4O. The van der Waals surface area contributed by atoms with E-state index in [1.54, 1.807) is 0 Å². The number of nitrogens with zero attached hydrogens (tertiary/aromatic N) is 3. The molecule has 0 amide bonds. The number of rotatable bonds is 5. The molecule has 0 radical (unpaired) electrons. The summed E-state index contributed by atoms with van der Waals surface area (Å²) in [4.78, 5) is 11.6. The molecule has 2 fully saturated rings. The van der Waals surface area contributed by atoms with Gasteiger partial charge in [-0.1, -0.05) is 19.3 Å². The van der Waals surface area contributed by atoms with Gasteiger partial charge in [-0.2, -0.15) is 0 Å². The highest BCUT2D eigenvalue weighted by atomic mass is 16.3. The van der Waals surface area contributed by atoms with E-state index in [2.05, 4.69) is 15.2 Å². The summed E-state index contributed by atoms with van der Waals surface area (Å²) in [6.45, 7) is 5.53. The Morgan fingerprint density at radius 1 is 1.09 bits per heavy atom. The molecular weight excluding hydrogens is 288 g/mol. The molecule has 1 saturated heterocycles. The maximum absolute atomic E-state index is 10.6. The zero-order valence-electron chi connectivity index (χ0n) is 14.4. The van der Waals surface area contributed by atoms with Crippen LogP contribution in [0, 0.1) is 6.92 Å². The van der Waals surface area contributed by atoms with Crippen LogP contribution >= 0.6 is 0 Å². The van der Waals surface area contributed by atoms with E-state index in [-0.39, 0.29) is 0 Å². The predicted molar refractivity (Wildman–Crippen MR) is 92.6 cm³/mol. The van der Waals surface area contributed by atoms with Gasteiger partial charge in [0.1, 0.15) is 0 Å². The van der Waals surface area contributed by atoms with Crippen LogP contribution in [0.25, 0.3) is 0 Å². The van der Waals surface area contributed by atoms with Crippen LogP contribution < -0.4 is 10.2 Å². The first-order chi connectivity index (χ1) is 11.1. The van der Waals surface area contributed by atoms with Crippen LogP contribution in [0.2, 0.25) is 0 Å². The van der Waals surface area contributed by atoms with Gasteiger partial charge in [0.25, 0.3) is 0 Å². The molecule has 2 N–H and O–H groups in total. The molecule has 3 rings (SSSR count). The SMILES string of the molecule is Cc1cc(CNCC2(O)CCCCC2)nc(N2CCCCC2)n1. The fourth-order valence-corrected chi connectivity index (χ4v) is 3.75. The Balaban J connectivity index is 1.57. The Kier molecular flexibility index (Phi) is 5.49. The summed E-state index contributed by atoms with van der Waals surface area (Å²) in [7, 11) is 0. The third-order valence-corrected chi connectivity index (χ3v) is 5.08. The summed E-state index contributed by atoms with van der Waals surface area (Å²) < 4.78 is 0. The summed E-state index contributed by atoms with van der Waals surface area (Å²) in [5, 5.41) is 14.0. The number of aromatic nitrogens is 2. The molecule has 2 aliphatic rings. The van der Waals surface area contributed by atoms with Crippen molar-refractivity contribution >= 4 is 5.95 Å². The number of aryl methyl sites for hydroxylation is 1. The molecule has 23 heavy (non-hydrogen) atoms. The van der Waals surface area contributed by atoms with Crippen LogP contribution in [0.3, 0.4) is 0 Å². The average molecular weight is 318 g/mol. The van der Waals surface area contributed by atoms with Crippen molar-refractivity contribution in [3.63, 3.8) is 0 Å². The number of nitrogens with one attached hydrogen (secondary N) is 1. The van der Waals surface area contributed by atoms with Crippen LogP contribution in [0.5, 0.6) is 0 Å². The Labute approximate surface area is 139 Å². The lowest BCUT2D eigenvalue weighted by molar-refractivity contribution is 0.00462. The molecule has 0 atom stereocenters. The highest BCUT2D eigenvalue weighted by Crippen LogP contribution is 2.27. The minimum atomic E-state index is -0.518. The topological polar surface area (TPSA) is 61.3 Å². The minimum absolute atomic E-state index is 0.518. The fourth-order valence-electron chi connectivity index (χ4n) is 3.75. The van der Waals surface area contributed by atoms with Crippen molar-refractivity contribution in [2.75, 3.05) is 24.5 Å². The highest BCUT2D eigenvalue weighted by Gasteiger charge is 2.28. The standard InChI is InChI=1S/C18H30N4O/c1-15-12-16(13-19-14-18(23)8-4-2-5-9-18)21-17(20-15)22-10-6-3-7-11-22/h12,19,23H,2-11,13-14H2,1H3. The van der Waals surface area contributed by atoms with Crippen molar-refractivity contribution < 1.29 is 5.11 Å². The molecule has 1 aromatic rings. The van der Waals surface area contributed by atoms with Crippen LogP contribution in [0.15, 0.2) is 6.07 Å². The lowest BCUT2D eigenvalue weighted by Gasteiger charge is -2.32. The molecule has 0 bridgehead atoms. The second-order valence-corrected chi connectivity index (χ2v) is 7.24. The second kappa shape index (κ2) is 7.58. The van der Waals surface area contributed by atoms with E-state index in [4.69, 9.17) is 4.98 Å². The van der Waals surface area contributed by atoms with Crippen molar-refractivity contribution in [3.8, 4) is 0 Å². The number of aliphatic hydroxyl groups is 1. The van der Waals surface area contributed by atoms with E-state index < -0.39 is 5.60 Å². The third kappa shape index (κ3) is 4.64. The first-order valence-corrected chi connectivity index (χ1v) is 9.17. The van der Waals surface area contributed by atoms with E-state index in [1.165, 1.54) is 25.7 Å². The molecule has 1 aromatic heterocycles. The Morgan fingerprint density at radius 3 is 2.52 bits per heavy atom. The zero-order valence-corrected chi connectivity index (χ0v) is 14.4. The van der Waals surface area contributed by atoms with Gasteiger partial charge in [0.15, 0.2) is 0 Å². The van der Waals surface area contributed by atoms with Crippen LogP contribution in [0.1, 0.15) is 62.8 Å². The Morgan fingerprint density at radius 2 is 1.78 bits per heavy atom. The molecule has 1 aliphatic heterocycles. The number of hydrogen-bond acceptors (Lipinski definition) is 5. The highest BCUT2D eigenvalue weighted by molar-refractivity contribution is 5.32. The van der Waals surface area contributed by atoms with E-state index in [0.29, 0.717) is 13.1 Å². The summed E-state index contributed by atoms with van der Waals surface area (Å²) in [5.74, 6) is 0.873. The third-order valence-electron chi connectivity index (χ3n) is 5.08. The van der Waals surface area contributed by atoms with Crippen molar-refractivity contribution in [2.24, 2.45) is 0 Å². The minimum Gasteiger partial charge on any atom is -0.389 e. The number of hydrogen-bond donors (Lipinski definition) is 2. The molecule has 5 heteroatoms. The average Bonchev–Trinajstić information content (AvgIpc) is 2.56. The van der Waals surface area contributed by atoms with Crippen molar-refractivity contribution in [2.45, 2.75) is 70.4 Å². The maximum atomic E-state index is 10.6. The molecule has 0 unspecified atom stereocenters. The quantitative estimate of drug-likeness (QED) is 0.874. The lowest BCUT2D eigenvalue weighted by Crippen LogP contribution is -2.42. The van der Waals surface area contributed by atoms with Gasteiger partial charge in [-0.15, -0.1) is 0 Å². The molecule has 5 nitrogen and oxygen atoms in total. The van der Waals surface area contributed by atoms with E-state index in [9.17, 15) is 5.11 Å². The van der Waals surface area contributed by atoms with Gasteiger partial charge < -0.3 is 15.3 Å². The molecule has 2 heterocycles. The lowest BCUT2D eigenvalue weighted by atomic mass is 9.85. The van der Waals surface area contributed by atoms with Crippen molar-refractivity contribution in [3.05, 3.63) is 17.5 Å². The Bertz CT molecular complexity index is 508. The van der Waals surface area contributed by atoms with Gasteiger partial charge in [0.2, 0.25) is 5.95 Å². The summed E-state index contributed by atoms with van der Waals surface area (Å²) >= 11 is 0. The van der Waals surface area contributed by atoms with Crippen LogP contribution in [0.4, 0.5) is 5.95 Å². The normalized spacial score (nSPS) is 21.4. The van der Waals surface area contributed by atoms with Crippen molar-refractivity contribution in [1.29, 1.82) is 0 Å². The van der Waals surface area contributed by atoms with Crippen molar-refractivity contribution in [1.82, 2.24) is 15.3 Å². The van der Waals surface area contributed by atoms with E-state index >= 15 is 0 Å². The summed E-state index contributed by atoms with van der Waals surface area (Å²) in [6, 6.07) is 2.05. The smallest absolute Gasteiger partial charge is 0.225 e.